The molecule has 6 nitrogen and oxygen atoms in total. The lowest BCUT2D eigenvalue weighted by molar-refractivity contribution is 0.0703. The van der Waals surface area contributed by atoms with Gasteiger partial charge in [0.1, 0.15) is 16.3 Å². The average Bonchev–Trinajstić information content (AvgIpc) is 2.76. The summed E-state index contributed by atoms with van der Waals surface area (Å²) in [5, 5.41) is 12.1. The van der Waals surface area contributed by atoms with E-state index in [1.54, 1.807) is 18.3 Å². The molecule has 19 heavy (non-hydrogen) atoms. The van der Waals surface area contributed by atoms with Crippen molar-refractivity contribution in [3.63, 3.8) is 0 Å². The van der Waals surface area contributed by atoms with Crippen molar-refractivity contribution in [1.29, 1.82) is 0 Å². The minimum Gasteiger partial charge on any atom is -0.477 e. The normalized spacial score (nSPS) is 10.1. The van der Waals surface area contributed by atoms with E-state index >= 15 is 0 Å². The Balaban J connectivity index is 2.39. The van der Waals surface area contributed by atoms with Crippen LogP contribution in [0.1, 0.15) is 9.67 Å². The lowest BCUT2D eigenvalue weighted by atomic mass is 10.2. The molecule has 0 radical (unpaired) electrons. The SMILES string of the molecule is C=CCOC(=O)Nc1c(C(=O)O)sc2ncccc12. The molecule has 1 amide bonds. The maximum absolute atomic E-state index is 11.5. The molecule has 0 aromatic carbocycles. The van der Waals surface area contributed by atoms with Crippen molar-refractivity contribution in [1.82, 2.24) is 4.98 Å². The first-order valence-corrected chi connectivity index (χ1v) is 6.10. The van der Waals surface area contributed by atoms with E-state index in [4.69, 9.17) is 9.84 Å². The number of aromatic nitrogens is 1. The quantitative estimate of drug-likeness (QED) is 0.839. The Hall–Kier alpha value is -2.41. The molecule has 2 aromatic rings. The maximum atomic E-state index is 11.5. The number of carboxylic acids is 1. The number of hydrogen-bond acceptors (Lipinski definition) is 5. The van der Waals surface area contributed by atoms with Crippen molar-refractivity contribution in [2.75, 3.05) is 11.9 Å². The Bertz CT molecular complexity index is 650. The van der Waals surface area contributed by atoms with Crippen LogP contribution in [-0.2, 0) is 4.74 Å². The van der Waals surface area contributed by atoms with Crippen LogP contribution in [0.25, 0.3) is 10.2 Å². The number of carbonyl (C=O) groups is 2. The largest absolute Gasteiger partial charge is 0.477 e. The van der Waals surface area contributed by atoms with Crippen molar-refractivity contribution in [3.8, 4) is 0 Å². The highest BCUT2D eigenvalue weighted by atomic mass is 32.1. The van der Waals surface area contributed by atoms with Crippen LogP contribution >= 0.6 is 11.3 Å². The Kier molecular flexibility index (Phi) is 3.76. The van der Waals surface area contributed by atoms with Gasteiger partial charge in [-0.1, -0.05) is 12.7 Å². The van der Waals surface area contributed by atoms with Crippen LogP contribution in [0.5, 0.6) is 0 Å². The highest BCUT2D eigenvalue weighted by Crippen LogP contribution is 2.34. The minimum atomic E-state index is -1.12. The number of ether oxygens (including phenoxy) is 1. The van der Waals surface area contributed by atoms with Gasteiger partial charge in [0.15, 0.2) is 0 Å². The Labute approximate surface area is 112 Å². The average molecular weight is 278 g/mol. The molecule has 0 fully saturated rings. The molecule has 0 unspecified atom stereocenters. The first-order valence-electron chi connectivity index (χ1n) is 5.29. The van der Waals surface area contributed by atoms with Gasteiger partial charge in [0.05, 0.1) is 5.69 Å². The van der Waals surface area contributed by atoms with Gasteiger partial charge in [-0.2, -0.15) is 0 Å². The topological polar surface area (TPSA) is 88.5 Å². The fourth-order valence-electron chi connectivity index (χ4n) is 1.48. The molecule has 98 valence electrons. The van der Waals surface area contributed by atoms with Crippen molar-refractivity contribution < 1.29 is 19.4 Å². The van der Waals surface area contributed by atoms with E-state index in [0.29, 0.717) is 10.2 Å². The molecule has 0 aliphatic heterocycles. The van der Waals surface area contributed by atoms with Gasteiger partial charge in [0.2, 0.25) is 0 Å². The van der Waals surface area contributed by atoms with Crippen LogP contribution in [0.2, 0.25) is 0 Å². The number of anilines is 1. The van der Waals surface area contributed by atoms with Gasteiger partial charge < -0.3 is 9.84 Å². The Morgan fingerprint density at radius 3 is 3.05 bits per heavy atom. The summed E-state index contributed by atoms with van der Waals surface area (Å²) >= 11 is 0.997. The first kappa shape index (κ1) is 13.0. The Morgan fingerprint density at radius 2 is 2.37 bits per heavy atom. The minimum absolute atomic E-state index is 0.0178. The second-order valence-corrected chi connectivity index (χ2v) is 4.48. The van der Waals surface area contributed by atoms with Gasteiger partial charge >= 0.3 is 12.1 Å². The van der Waals surface area contributed by atoms with Crippen LogP contribution in [0, 0.1) is 0 Å². The summed E-state index contributed by atoms with van der Waals surface area (Å²) < 4.78 is 4.77. The summed E-state index contributed by atoms with van der Waals surface area (Å²) in [6.45, 7) is 3.47. The highest BCUT2D eigenvalue weighted by Gasteiger charge is 2.20. The van der Waals surface area contributed by atoms with Gasteiger partial charge in [-0.25, -0.2) is 14.6 Å². The van der Waals surface area contributed by atoms with E-state index in [1.165, 1.54) is 6.08 Å². The third-order valence-electron chi connectivity index (χ3n) is 2.22. The Morgan fingerprint density at radius 1 is 1.58 bits per heavy atom. The molecule has 2 N–H and O–H groups in total. The molecule has 0 aliphatic carbocycles. The van der Waals surface area contributed by atoms with Crippen molar-refractivity contribution >= 4 is 39.3 Å². The number of fused-ring (bicyclic) bond motifs is 1. The fraction of sp³-hybridized carbons (Fsp3) is 0.0833. The fourth-order valence-corrected chi connectivity index (χ4v) is 2.42. The summed E-state index contributed by atoms with van der Waals surface area (Å²) in [5.74, 6) is -1.12. The summed E-state index contributed by atoms with van der Waals surface area (Å²) in [5.41, 5.74) is 0.203. The van der Waals surface area contributed by atoms with Gasteiger partial charge in [-0.05, 0) is 12.1 Å². The van der Waals surface area contributed by atoms with Crippen molar-refractivity contribution in [3.05, 3.63) is 35.9 Å². The molecule has 0 aliphatic rings. The van der Waals surface area contributed by atoms with E-state index in [1.807, 2.05) is 0 Å². The van der Waals surface area contributed by atoms with E-state index in [0.717, 1.165) is 11.3 Å². The zero-order chi connectivity index (χ0) is 13.8. The van der Waals surface area contributed by atoms with Crippen molar-refractivity contribution in [2.45, 2.75) is 0 Å². The summed E-state index contributed by atoms with van der Waals surface area (Å²) in [7, 11) is 0. The second kappa shape index (κ2) is 5.49. The molecule has 0 atom stereocenters. The molecular weight excluding hydrogens is 268 g/mol. The van der Waals surface area contributed by atoms with Crippen molar-refractivity contribution in [2.24, 2.45) is 0 Å². The highest BCUT2D eigenvalue weighted by molar-refractivity contribution is 7.21. The molecule has 0 saturated carbocycles. The summed E-state index contributed by atoms with van der Waals surface area (Å²) in [6, 6.07) is 3.36. The molecule has 2 heterocycles. The molecule has 0 saturated heterocycles. The number of rotatable bonds is 4. The lowest BCUT2D eigenvalue weighted by Gasteiger charge is -2.05. The smallest absolute Gasteiger partial charge is 0.412 e. The lowest BCUT2D eigenvalue weighted by Crippen LogP contribution is -2.15. The third-order valence-corrected chi connectivity index (χ3v) is 3.32. The number of pyridine rings is 1. The predicted octanol–water partition coefficient (Wildman–Crippen LogP) is 2.73. The van der Waals surface area contributed by atoms with E-state index in [9.17, 15) is 9.59 Å². The van der Waals surface area contributed by atoms with Crippen LogP contribution in [0.4, 0.5) is 10.5 Å². The van der Waals surface area contributed by atoms with Gasteiger partial charge in [0, 0.05) is 11.6 Å². The van der Waals surface area contributed by atoms with Gasteiger partial charge in [-0.3, -0.25) is 5.32 Å². The molecule has 0 spiro atoms. The van der Waals surface area contributed by atoms with Crippen LogP contribution in [0.15, 0.2) is 31.0 Å². The van der Waals surface area contributed by atoms with Gasteiger partial charge in [0.25, 0.3) is 0 Å². The van der Waals surface area contributed by atoms with Gasteiger partial charge in [-0.15, -0.1) is 11.3 Å². The maximum Gasteiger partial charge on any atom is 0.412 e. The number of hydrogen-bond donors (Lipinski definition) is 2. The molecule has 0 bridgehead atoms. The van der Waals surface area contributed by atoms with E-state index in [2.05, 4.69) is 16.9 Å². The monoisotopic (exact) mass is 278 g/mol. The van der Waals surface area contributed by atoms with E-state index in [-0.39, 0.29) is 17.2 Å². The van der Waals surface area contributed by atoms with Crippen LogP contribution in [-0.4, -0.2) is 28.8 Å². The summed E-state index contributed by atoms with van der Waals surface area (Å²) in [6.07, 6.45) is 2.25. The number of aromatic carboxylic acids is 1. The number of nitrogens with one attached hydrogen (secondary N) is 1. The zero-order valence-corrected chi connectivity index (χ0v) is 10.6. The number of nitrogens with zero attached hydrogens (tertiary/aromatic N) is 1. The van der Waals surface area contributed by atoms with Crippen LogP contribution < -0.4 is 5.32 Å². The molecule has 2 rings (SSSR count). The second-order valence-electron chi connectivity index (χ2n) is 3.48. The molecule has 7 heteroatoms. The van der Waals surface area contributed by atoms with Crippen LogP contribution in [0.3, 0.4) is 0 Å². The number of carboxylic acid groups (broad SMARTS) is 1. The number of thiophene rings is 1. The number of amides is 1. The first-order chi connectivity index (χ1) is 9.13. The predicted molar refractivity (Wildman–Crippen MR) is 71.7 cm³/mol. The number of carbonyl (C=O) groups excluding carboxylic acids is 1. The summed E-state index contributed by atoms with van der Waals surface area (Å²) in [4.78, 5) is 27.3. The standard InChI is InChI=1S/C12H10N2O4S/c1-2-6-18-12(17)14-8-7-4-3-5-13-10(7)19-9(8)11(15)16/h2-5H,1,6H2,(H,14,17)(H,15,16). The molecule has 2 aromatic heterocycles. The third kappa shape index (κ3) is 2.71. The zero-order valence-electron chi connectivity index (χ0n) is 9.75. The van der Waals surface area contributed by atoms with E-state index < -0.39 is 12.1 Å². The molecular formula is C12H10N2O4S.